The van der Waals surface area contributed by atoms with Gasteiger partial charge in [0.2, 0.25) is 0 Å². The van der Waals surface area contributed by atoms with Crippen molar-refractivity contribution in [3.63, 3.8) is 0 Å². The van der Waals surface area contributed by atoms with E-state index >= 15 is 0 Å². The summed E-state index contributed by atoms with van der Waals surface area (Å²) in [6.07, 6.45) is 7.27. The molecule has 4 atom stereocenters. The second-order valence-electron chi connectivity index (χ2n) is 13.3. The van der Waals surface area contributed by atoms with E-state index in [0.29, 0.717) is 30.3 Å². The second kappa shape index (κ2) is 18.0. The highest BCUT2D eigenvalue weighted by Gasteiger charge is 2.31. The van der Waals surface area contributed by atoms with E-state index < -0.39 is 17.9 Å². The van der Waals surface area contributed by atoms with E-state index in [4.69, 9.17) is 9.47 Å². The minimum atomic E-state index is -0.560. The molecule has 1 aliphatic heterocycles. The van der Waals surface area contributed by atoms with Gasteiger partial charge in [0.25, 0.3) is 5.91 Å². The number of anilines is 2. The van der Waals surface area contributed by atoms with Crippen molar-refractivity contribution >= 4 is 29.3 Å². The van der Waals surface area contributed by atoms with Gasteiger partial charge in [0.1, 0.15) is 11.6 Å². The summed E-state index contributed by atoms with van der Waals surface area (Å²) in [7, 11) is 1.77. The largest absolute Gasteiger partial charge is 0.490 e. The molecule has 4 rings (SSSR count). The molecule has 0 bridgehead atoms. The maximum atomic E-state index is 14.3. The summed E-state index contributed by atoms with van der Waals surface area (Å²) in [6, 6.07) is 9.25. The van der Waals surface area contributed by atoms with Gasteiger partial charge in [0.15, 0.2) is 0 Å². The maximum absolute atomic E-state index is 14.3. The third kappa shape index (κ3) is 10.8. The number of urea groups is 2. The van der Waals surface area contributed by atoms with E-state index in [1.807, 2.05) is 13.8 Å². The number of ether oxygens (including phenoxy) is 2. The molecule has 11 nitrogen and oxygen atoms in total. The molecule has 5 amide bonds. The summed E-state index contributed by atoms with van der Waals surface area (Å²) < 4.78 is 26.0. The summed E-state index contributed by atoms with van der Waals surface area (Å²) in [5, 5.41) is 18.8. The van der Waals surface area contributed by atoms with Gasteiger partial charge in [-0.2, -0.15) is 0 Å². The molecular formula is C36H52FN5O6. The molecule has 1 saturated carbocycles. The van der Waals surface area contributed by atoms with Crippen LogP contribution in [0, 0.1) is 11.7 Å². The zero-order valence-electron chi connectivity index (χ0n) is 28.7. The Kier molecular flexibility index (Phi) is 13.9. The summed E-state index contributed by atoms with van der Waals surface area (Å²) in [4.78, 5) is 43.5. The summed E-state index contributed by atoms with van der Waals surface area (Å²) in [5.41, 5.74) is 1.01. The summed E-state index contributed by atoms with van der Waals surface area (Å²) >= 11 is 0. The lowest BCUT2D eigenvalue weighted by Gasteiger charge is -2.36. The van der Waals surface area contributed by atoms with E-state index in [0.717, 1.165) is 44.9 Å². The molecule has 2 aromatic rings. The Morgan fingerprint density at radius 2 is 1.67 bits per heavy atom. The molecule has 0 aromatic heterocycles. The molecule has 0 saturated heterocycles. The standard InChI is InChI=1S/C36H52FN5O6/c1-24-21-42(25(2)23-43)34(44)31-20-30(39-35(45)38-29-15-13-27(37)14-16-29)17-18-32(31)48-26(3)10-8-9-19-47-33(24)22-41(4)36(46)40-28-11-6-5-7-12-28/h13-18,20,24-26,28,33,43H,5-12,19,21-23H2,1-4H3,(H,40,46)(H2,38,39,45)/t24-,25-,26+,33-/m0/s1. The first-order valence-corrected chi connectivity index (χ1v) is 17.2. The number of rotatable bonds is 7. The van der Waals surface area contributed by atoms with E-state index in [1.165, 1.54) is 30.7 Å². The first-order valence-electron chi connectivity index (χ1n) is 17.2. The highest BCUT2D eigenvalue weighted by Crippen LogP contribution is 2.29. The monoisotopic (exact) mass is 669 g/mol. The van der Waals surface area contributed by atoms with Crippen LogP contribution in [-0.4, -0.2) is 90.5 Å². The Morgan fingerprint density at radius 3 is 2.38 bits per heavy atom. The van der Waals surface area contributed by atoms with E-state index in [2.05, 4.69) is 16.0 Å². The van der Waals surface area contributed by atoms with E-state index in [1.54, 1.807) is 42.0 Å². The fraction of sp³-hybridized carbons (Fsp3) is 0.583. The van der Waals surface area contributed by atoms with Crippen molar-refractivity contribution in [2.45, 2.75) is 96.4 Å². The number of amides is 5. The fourth-order valence-electron chi connectivity index (χ4n) is 6.17. The highest BCUT2D eigenvalue weighted by atomic mass is 19.1. The third-order valence-corrected chi connectivity index (χ3v) is 9.14. The topological polar surface area (TPSA) is 132 Å². The van der Waals surface area contributed by atoms with Crippen molar-refractivity contribution in [1.29, 1.82) is 0 Å². The lowest BCUT2D eigenvalue weighted by molar-refractivity contribution is -0.0123. The molecule has 12 heteroatoms. The zero-order chi connectivity index (χ0) is 34.6. The van der Waals surface area contributed by atoms with Crippen LogP contribution in [0.2, 0.25) is 0 Å². The average Bonchev–Trinajstić information content (AvgIpc) is 3.07. The van der Waals surface area contributed by atoms with Crippen molar-refractivity contribution in [1.82, 2.24) is 15.1 Å². The first kappa shape index (κ1) is 36.9. The molecule has 264 valence electrons. The van der Waals surface area contributed by atoms with Gasteiger partial charge in [0, 0.05) is 50.1 Å². The summed E-state index contributed by atoms with van der Waals surface area (Å²) in [5.74, 6) is -0.598. The number of hydrogen-bond donors (Lipinski definition) is 4. The smallest absolute Gasteiger partial charge is 0.323 e. The van der Waals surface area contributed by atoms with Gasteiger partial charge in [-0.05, 0) is 88.4 Å². The van der Waals surface area contributed by atoms with Crippen molar-refractivity contribution in [2.75, 3.05) is 44.0 Å². The number of carbonyl (C=O) groups is 3. The number of carbonyl (C=O) groups excluding carboxylic acids is 3. The van der Waals surface area contributed by atoms with Crippen LogP contribution >= 0.6 is 0 Å². The minimum absolute atomic E-state index is 0.128. The number of fused-ring (bicyclic) bond motifs is 1. The van der Waals surface area contributed by atoms with Crippen LogP contribution in [0.5, 0.6) is 5.75 Å². The van der Waals surface area contributed by atoms with E-state index in [-0.39, 0.29) is 54.8 Å². The van der Waals surface area contributed by atoms with Crippen LogP contribution < -0.4 is 20.7 Å². The van der Waals surface area contributed by atoms with Crippen LogP contribution in [-0.2, 0) is 4.74 Å². The van der Waals surface area contributed by atoms with Gasteiger partial charge in [-0.15, -0.1) is 0 Å². The van der Waals surface area contributed by atoms with Crippen LogP contribution in [0.3, 0.4) is 0 Å². The number of halogens is 1. The maximum Gasteiger partial charge on any atom is 0.323 e. The average molecular weight is 670 g/mol. The number of hydrogen-bond acceptors (Lipinski definition) is 6. The number of likely N-dealkylation sites (N-methyl/N-ethyl adjacent to an activating group) is 1. The fourth-order valence-corrected chi connectivity index (χ4v) is 6.17. The predicted octanol–water partition coefficient (Wildman–Crippen LogP) is 6.24. The van der Waals surface area contributed by atoms with Crippen molar-refractivity contribution in [2.24, 2.45) is 5.92 Å². The highest BCUT2D eigenvalue weighted by molar-refractivity contribution is 6.02. The Hall–Kier alpha value is -3.90. The summed E-state index contributed by atoms with van der Waals surface area (Å²) in [6.45, 7) is 6.55. The van der Waals surface area contributed by atoms with Gasteiger partial charge in [-0.1, -0.05) is 26.2 Å². The van der Waals surface area contributed by atoms with Crippen LogP contribution in [0.25, 0.3) is 0 Å². The van der Waals surface area contributed by atoms with Crippen LogP contribution in [0.15, 0.2) is 42.5 Å². The quantitative estimate of drug-likeness (QED) is 0.276. The van der Waals surface area contributed by atoms with Crippen molar-refractivity contribution in [3.8, 4) is 5.75 Å². The predicted molar refractivity (Wildman–Crippen MR) is 184 cm³/mol. The normalized spacial score (nSPS) is 22.0. The molecule has 48 heavy (non-hydrogen) atoms. The first-order chi connectivity index (χ1) is 23.0. The van der Waals surface area contributed by atoms with Gasteiger partial charge in [0.05, 0.1) is 30.4 Å². The molecule has 2 aromatic carbocycles. The third-order valence-electron chi connectivity index (χ3n) is 9.14. The Balaban J connectivity index is 1.55. The van der Waals surface area contributed by atoms with Crippen LogP contribution in [0.4, 0.5) is 25.4 Å². The van der Waals surface area contributed by atoms with Gasteiger partial charge in [-0.3, -0.25) is 4.79 Å². The molecule has 0 unspecified atom stereocenters. The van der Waals surface area contributed by atoms with Gasteiger partial charge in [-0.25, -0.2) is 14.0 Å². The second-order valence-corrected chi connectivity index (χ2v) is 13.3. The van der Waals surface area contributed by atoms with Crippen molar-refractivity contribution < 1.29 is 33.4 Å². The number of aliphatic hydroxyl groups excluding tert-OH is 1. The molecule has 0 radical (unpaired) electrons. The molecule has 2 aliphatic rings. The zero-order valence-corrected chi connectivity index (χ0v) is 28.7. The molecule has 0 spiro atoms. The Labute approximate surface area is 283 Å². The molecule has 1 fully saturated rings. The molecule has 1 heterocycles. The molecule has 1 aliphatic carbocycles. The molecule has 4 N–H and O–H groups in total. The number of nitrogens with zero attached hydrogens (tertiary/aromatic N) is 2. The number of aliphatic hydroxyl groups is 1. The lowest BCUT2D eigenvalue weighted by atomic mass is 9.96. The van der Waals surface area contributed by atoms with Gasteiger partial charge >= 0.3 is 12.1 Å². The lowest BCUT2D eigenvalue weighted by Crippen LogP contribution is -2.50. The number of nitrogens with one attached hydrogen (secondary N) is 3. The number of benzene rings is 2. The van der Waals surface area contributed by atoms with E-state index in [9.17, 15) is 23.9 Å². The minimum Gasteiger partial charge on any atom is -0.490 e. The van der Waals surface area contributed by atoms with Crippen molar-refractivity contribution in [3.05, 3.63) is 53.8 Å². The molecular weight excluding hydrogens is 617 g/mol. The van der Waals surface area contributed by atoms with Gasteiger partial charge < -0.3 is 40.3 Å². The Morgan fingerprint density at radius 1 is 1.00 bits per heavy atom. The van der Waals surface area contributed by atoms with Crippen LogP contribution in [0.1, 0.15) is 82.5 Å². The Bertz CT molecular complexity index is 1350. The SMILES string of the molecule is C[C@@H]1CCCCO[C@@H](CN(C)C(=O)NC2CCCCC2)[C@@H](C)CN([C@@H](C)CO)C(=O)c2cc(NC(=O)Nc3ccc(F)cc3)ccc2O1.